The number of rotatable bonds is 6. The van der Waals surface area contributed by atoms with Crippen LogP contribution in [0.15, 0.2) is 29.2 Å². The average molecular weight is 439 g/mol. The van der Waals surface area contributed by atoms with Crippen LogP contribution in [0.4, 0.5) is 5.69 Å². The molecule has 3 rings (SSSR count). The molecule has 2 aromatic carbocycles. The van der Waals surface area contributed by atoms with Gasteiger partial charge in [0.25, 0.3) is 10.0 Å². The van der Waals surface area contributed by atoms with Crippen molar-refractivity contribution in [3.05, 3.63) is 46.0 Å². The van der Waals surface area contributed by atoms with Crippen molar-refractivity contribution < 1.29 is 17.9 Å². The molecule has 0 aromatic heterocycles. The number of anilines is 1. The Morgan fingerprint density at radius 2 is 1.86 bits per heavy atom. The molecule has 29 heavy (non-hydrogen) atoms. The molecule has 1 N–H and O–H groups in total. The maximum absolute atomic E-state index is 13.1. The van der Waals surface area contributed by atoms with Crippen molar-refractivity contribution in [3.8, 4) is 11.5 Å². The fourth-order valence-electron chi connectivity index (χ4n) is 3.68. The summed E-state index contributed by atoms with van der Waals surface area (Å²) in [5, 5.41) is 0.454. The van der Waals surface area contributed by atoms with Crippen LogP contribution in [0.3, 0.4) is 0 Å². The Bertz CT molecular complexity index is 1020. The van der Waals surface area contributed by atoms with E-state index in [1.807, 2.05) is 14.0 Å². The first kappa shape index (κ1) is 21.7. The first-order valence-corrected chi connectivity index (χ1v) is 11.3. The Hall–Kier alpha value is -1.96. The number of likely N-dealkylation sites (tertiary alicyclic amines) is 1. The van der Waals surface area contributed by atoms with Gasteiger partial charge in [-0.15, -0.1) is 0 Å². The smallest absolute Gasteiger partial charge is 0.262 e. The van der Waals surface area contributed by atoms with Gasteiger partial charge >= 0.3 is 0 Å². The molecule has 6 nitrogen and oxygen atoms in total. The van der Waals surface area contributed by atoms with E-state index in [2.05, 4.69) is 9.62 Å². The molecule has 158 valence electrons. The SMILES string of the molecule is COc1cc(C)c(S(=O)(=O)Nc2ccc(Cl)c(O[C@H]3CCN(C)C3)c2)c(C)c1C. The summed E-state index contributed by atoms with van der Waals surface area (Å²) in [6.07, 6.45) is 0.949. The van der Waals surface area contributed by atoms with Crippen molar-refractivity contribution in [2.45, 2.75) is 38.2 Å². The predicted molar refractivity (Wildman–Crippen MR) is 116 cm³/mol. The molecular weight excluding hydrogens is 412 g/mol. The number of ether oxygens (including phenoxy) is 2. The van der Waals surface area contributed by atoms with E-state index in [1.54, 1.807) is 45.2 Å². The topological polar surface area (TPSA) is 67.9 Å². The maximum atomic E-state index is 13.1. The van der Waals surface area contributed by atoms with E-state index < -0.39 is 10.0 Å². The molecule has 1 fully saturated rings. The van der Waals surface area contributed by atoms with Gasteiger partial charge in [-0.3, -0.25) is 4.72 Å². The lowest BCUT2D eigenvalue weighted by Gasteiger charge is -2.18. The minimum atomic E-state index is -3.80. The quantitative estimate of drug-likeness (QED) is 0.733. The molecule has 0 unspecified atom stereocenters. The van der Waals surface area contributed by atoms with E-state index >= 15 is 0 Å². The second kappa shape index (κ2) is 8.42. The molecular formula is C21H27ClN2O4S. The number of hydrogen-bond acceptors (Lipinski definition) is 5. The van der Waals surface area contributed by atoms with Gasteiger partial charge in [0, 0.05) is 19.2 Å². The summed E-state index contributed by atoms with van der Waals surface area (Å²) in [6.45, 7) is 7.17. The van der Waals surface area contributed by atoms with Crippen LogP contribution in [0.2, 0.25) is 5.02 Å². The van der Waals surface area contributed by atoms with E-state index in [4.69, 9.17) is 21.1 Å². The highest BCUT2D eigenvalue weighted by atomic mass is 35.5. The highest BCUT2D eigenvalue weighted by molar-refractivity contribution is 7.92. The third kappa shape index (κ3) is 4.63. The minimum absolute atomic E-state index is 0.0399. The summed E-state index contributed by atoms with van der Waals surface area (Å²) in [5.41, 5.74) is 2.48. The van der Waals surface area contributed by atoms with Gasteiger partial charge in [0.15, 0.2) is 0 Å². The molecule has 0 aliphatic carbocycles. The van der Waals surface area contributed by atoms with Crippen molar-refractivity contribution in [2.24, 2.45) is 0 Å². The zero-order valence-electron chi connectivity index (χ0n) is 17.4. The van der Waals surface area contributed by atoms with Crippen molar-refractivity contribution in [2.75, 3.05) is 32.0 Å². The number of likely N-dealkylation sites (N-methyl/N-ethyl adjacent to an activating group) is 1. The molecule has 0 saturated carbocycles. The fraction of sp³-hybridized carbons (Fsp3) is 0.429. The number of nitrogens with one attached hydrogen (secondary N) is 1. The van der Waals surface area contributed by atoms with Gasteiger partial charge in [0.1, 0.15) is 17.6 Å². The van der Waals surface area contributed by atoms with E-state index in [-0.39, 0.29) is 11.0 Å². The molecule has 1 aliphatic rings. The molecule has 1 atom stereocenters. The number of nitrogens with zero attached hydrogens (tertiary/aromatic N) is 1. The molecule has 0 amide bonds. The Morgan fingerprint density at radius 3 is 2.48 bits per heavy atom. The number of aryl methyl sites for hydroxylation is 1. The number of halogens is 1. The average Bonchev–Trinajstić information content (AvgIpc) is 3.05. The number of hydrogen-bond donors (Lipinski definition) is 1. The molecule has 0 spiro atoms. The van der Waals surface area contributed by atoms with Crippen LogP contribution in [0.5, 0.6) is 11.5 Å². The zero-order chi connectivity index (χ0) is 21.3. The fourth-order valence-corrected chi connectivity index (χ4v) is 5.42. The Balaban J connectivity index is 1.90. The largest absolute Gasteiger partial charge is 0.496 e. The normalized spacial score (nSPS) is 17.4. The second-order valence-electron chi connectivity index (χ2n) is 7.52. The van der Waals surface area contributed by atoms with Gasteiger partial charge in [-0.1, -0.05) is 11.6 Å². The summed E-state index contributed by atoms with van der Waals surface area (Å²) in [6, 6.07) is 6.66. The monoisotopic (exact) mass is 438 g/mol. The van der Waals surface area contributed by atoms with Crippen LogP contribution in [-0.2, 0) is 10.0 Å². The van der Waals surface area contributed by atoms with Crippen LogP contribution >= 0.6 is 11.6 Å². The Morgan fingerprint density at radius 1 is 1.14 bits per heavy atom. The van der Waals surface area contributed by atoms with Crippen LogP contribution < -0.4 is 14.2 Å². The third-order valence-corrected chi connectivity index (χ3v) is 7.27. The van der Waals surface area contributed by atoms with Gasteiger partial charge in [-0.05, 0) is 69.1 Å². The lowest BCUT2D eigenvalue weighted by molar-refractivity contribution is 0.208. The number of benzene rings is 2. The molecule has 1 saturated heterocycles. The molecule has 1 aliphatic heterocycles. The maximum Gasteiger partial charge on any atom is 0.262 e. The van der Waals surface area contributed by atoms with Crippen LogP contribution in [0.25, 0.3) is 0 Å². The number of methoxy groups -OCH3 is 1. The van der Waals surface area contributed by atoms with E-state index in [9.17, 15) is 8.42 Å². The van der Waals surface area contributed by atoms with Crippen molar-refractivity contribution >= 4 is 27.3 Å². The van der Waals surface area contributed by atoms with Crippen LogP contribution in [0, 0.1) is 20.8 Å². The molecule has 2 aromatic rings. The minimum Gasteiger partial charge on any atom is -0.496 e. The molecule has 1 heterocycles. The van der Waals surface area contributed by atoms with Gasteiger partial charge < -0.3 is 14.4 Å². The van der Waals surface area contributed by atoms with Crippen molar-refractivity contribution in [1.29, 1.82) is 0 Å². The molecule has 0 radical (unpaired) electrons. The predicted octanol–water partition coefficient (Wildman–Crippen LogP) is 4.16. The van der Waals surface area contributed by atoms with Crippen molar-refractivity contribution in [3.63, 3.8) is 0 Å². The Labute approximate surface area is 177 Å². The van der Waals surface area contributed by atoms with Gasteiger partial charge in [0.2, 0.25) is 0 Å². The summed E-state index contributed by atoms with van der Waals surface area (Å²) >= 11 is 6.27. The summed E-state index contributed by atoms with van der Waals surface area (Å²) < 4.78 is 40.3. The van der Waals surface area contributed by atoms with Gasteiger partial charge in [0.05, 0.1) is 22.7 Å². The first-order chi connectivity index (χ1) is 13.6. The highest BCUT2D eigenvalue weighted by Gasteiger charge is 2.25. The van der Waals surface area contributed by atoms with E-state index in [0.717, 1.165) is 25.1 Å². The van der Waals surface area contributed by atoms with Gasteiger partial charge in [-0.25, -0.2) is 8.42 Å². The van der Waals surface area contributed by atoms with Crippen molar-refractivity contribution in [1.82, 2.24) is 4.90 Å². The lowest BCUT2D eigenvalue weighted by atomic mass is 10.1. The zero-order valence-corrected chi connectivity index (χ0v) is 18.9. The summed E-state index contributed by atoms with van der Waals surface area (Å²) in [4.78, 5) is 2.44. The van der Waals surface area contributed by atoms with Gasteiger partial charge in [-0.2, -0.15) is 0 Å². The summed E-state index contributed by atoms with van der Waals surface area (Å²) in [7, 11) is -0.187. The van der Waals surface area contributed by atoms with E-state index in [0.29, 0.717) is 33.3 Å². The van der Waals surface area contributed by atoms with E-state index in [1.165, 1.54) is 0 Å². The Kier molecular flexibility index (Phi) is 6.31. The second-order valence-corrected chi connectivity index (χ2v) is 9.54. The lowest BCUT2D eigenvalue weighted by Crippen LogP contribution is -2.21. The molecule has 0 bridgehead atoms. The summed E-state index contributed by atoms with van der Waals surface area (Å²) in [5.74, 6) is 1.15. The molecule has 8 heteroatoms. The van der Waals surface area contributed by atoms with Crippen LogP contribution in [-0.4, -0.2) is 46.7 Å². The standard InChI is InChI=1S/C21H27ClN2O4S/c1-13-10-19(27-5)14(2)15(3)21(13)29(25,26)23-16-6-7-18(22)20(11-16)28-17-8-9-24(4)12-17/h6-7,10-11,17,23H,8-9,12H2,1-5H3/t17-/m0/s1. The number of sulfonamides is 1. The highest BCUT2D eigenvalue weighted by Crippen LogP contribution is 2.34. The first-order valence-electron chi connectivity index (χ1n) is 9.44. The third-order valence-electron chi connectivity index (χ3n) is 5.29. The van der Waals surface area contributed by atoms with Crippen LogP contribution in [0.1, 0.15) is 23.1 Å².